The van der Waals surface area contributed by atoms with Crippen molar-refractivity contribution >= 4 is 7.82 Å². The first-order valence-corrected chi connectivity index (χ1v) is 4.22. The third-order valence-electron chi connectivity index (χ3n) is 0.892. The lowest BCUT2D eigenvalue weighted by atomic mass is 10.3. The molecule has 0 bridgehead atoms. The molecule has 0 aromatic rings. The van der Waals surface area contributed by atoms with E-state index in [0.717, 1.165) is 0 Å². The summed E-state index contributed by atoms with van der Waals surface area (Å²) in [4.78, 5) is 16.4. The van der Waals surface area contributed by atoms with Gasteiger partial charge in [0.2, 0.25) is 0 Å². The van der Waals surface area contributed by atoms with Crippen molar-refractivity contribution in [2.75, 3.05) is 0 Å². The van der Waals surface area contributed by atoms with Gasteiger partial charge in [-0.25, -0.2) is 4.57 Å². The second kappa shape index (κ2) is 3.32. The maximum atomic E-state index is 10.1. The molecular formula is C4H11O4P. The Bertz CT molecular complexity index is 118. The minimum Gasteiger partial charge on any atom is -0.303 e. The summed E-state index contributed by atoms with van der Waals surface area (Å²) in [5.41, 5.74) is 0. The number of phosphoric ester groups is 1. The average molecular weight is 154 g/mol. The van der Waals surface area contributed by atoms with Gasteiger partial charge < -0.3 is 9.79 Å². The zero-order chi connectivity index (χ0) is 7.49. The Morgan fingerprint density at radius 1 is 1.67 bits per heavy atom. The molecule has 0 radical (unpaired) electrons. The van der Waals surface area contributed by atoms with Crippen LogP contribution in [0.3, 0.4) is 0 Å². The lowest BCUT2D eigenvalue weighted by molar-refractivity contribution is 0.142. The van der Waals surface area contributed by atoms with Crippen molar-refractivity contribution in [1.29, 1.82) is 0 Å². The van der Waals surface area contributed by atoms with Crippen LogP contribution in [0.1, 0.15) is 20.3 Å². The molecule has 4 nitrogen and oxygen atoms in total. The SMILES string of the molecule is CC[C@@H](C)OP(=O)(O)O. The summed E-state index contributed by atoms with van der Waals surface area (Å²) in [7, 11) is -4.24. The van der Waals surface area contributed by atoms with Crippen LogP contribution >= 0.6 is 7.82 Å². The Morgan fingerprint density at radius 3 is 2.22 bits per heavy atom. The molecule has 0 fully saturated rings. The first-order chi connectivity index (χ1) is 3.95. The van der Waals surface area contributed by atoms with Gasteiger partial charge in [-0.3, -0.25) is 4.52 Å². The first kappa shape index (κ1) is 9.11. The average Bonchev–Trinajstić information content (AvgIpc) is 1.62. The molecule has 0 unspecified atom stereocenters. The van der Waals surface area contributed by atoms with Crippen LogP contribution in [0.4, 0.5) is 0 Å². The van der Waals surface area contributed by atoms with Crippen molar-refractivity contribution < 1.29 is 18.9 Å². The smallest absolute Gasteiger partial charge is 0.303 e. The Labute approximate surface area is 54.1 Å². The van der Waals surface area contributed by atoms with Crippen molar-refractivity contribution in [3.8, 4) is 0 Å². The molecule has 0 aliphatic carbocycles. The van der Waals surface area contributed by atoms with Crippen LogP contribution in [0.5, 0.6) is 0 Å². The van der Waals surface area contributed by atoms with Gasteiger partial charge in [0.25, 0.3) is 0 Å². The molecule has 0 saturated heterocycles. The maximum Gasteiger partial charge on any atom is 0.469 e. The summed E-state index contributed by atoms with van der Waals surface area (Å²) in [6.07, 6.45) is 0.233. The van der Waals surface area contributed by atoms with E-state index in [0.29, 0.717) is 6.42 Å². The van der Waals surface area contributed by atoms with Gasteiger partial charge in [0.15, 0.2) is 0 Å². The Kier molecular flexibility index (Phi) is 3.36. The van der Waals surface area contributed by atoms with Crippen LogP contribution < -0.4 is 0 Å². The standard InChI is InChI=1S/C4H11O4P/c1-3-4(2)8-9(5,6)7/h4H,3H2,1-2H3,(H2,5,6,7)/t4-/m1/s1. The monoisotopic (exact) mass is 154 g/mol. The molecule has 2 N–H and O–H groups in total. The fraction of sp³-hybridized carbons (Fsp3) is 1.00. The minimum absolute atomic E-state index is 0.370. The van der Waals surface area contributed by atoms with Gasteiger partial charge >= 0.3 is 7.82 Å². The third kappa shape index (κ3) is 5.99. The largest absolute Gasteiger partial charge is 0.469 e. The summed E-state index contributed by atoms with van der Waals surface area (Å²) in [5, 5.41) is 0. The van der Waals surface area contributed by atoms with E-state index in [9.17, 15) is 4.57 Å². The highest BCUT2D eigenvalue weighted by Gasteiger charge is 2.16. The molecule has 0 saturated carbocycles. The minimum atomic E-state index is -4.24. The third-order valence-corrected chi connectivity index (χ3v) is 1.53. The van der Waals surface area contributed by atoms with Crippen molar-refractivity contribution in [1.82, 2.24) is 0 Å². The molecule has 9 heavy (non-hydrogen) atoms. The van der Waals surface area contributed by atoms with Crippen LogP contribution in [0.2, 0.25) is 0 Å². The lowest BCUT2D eigenvalue weighted by Crippen LogP contribution is -2.03. The van der Waals surface area contributed by atoms with Crippen molar-refractivity contribution in [3.05, 3.63) is 0 Å². The molecule has 0 spiro atoms. The van der Waals surface area contributed by atoms with Gasteiger partial charge in [-0.05, 0) is 13.3 Å². The second-order valence-electron chi connectivity index (χ2n) is 1.81. The molecule has 0 aromatic heterocycles. The summed E-state index contributed by atoms with van der Waals surface area (Å²) < 4.78 is 14.3. The highest BCUT2D eigenvalue weighted by Crippen LogP contribution is 2.37. The Morgan fingerprint density at radius 2 is 2.11 bits per heavy atom. The lowest BCUT2D eigenvalue weighted by Gasteiger charge is -2.09. The summed E-state index contributed by atoms with van der Waals surface area (Å²) in [6.45, 7) is 3.40. The Hall–Kier alpha value is 0.110. The Balaban J connectivity index is 3.60. The van der Waals surface area contributed by atoms with E-state index in [1.54, 1.807) is 13.8 Å². The molecule has 0 aromatic carbocycles. The predicted molar refractivity (Wildman–Crippen MR) is 32.9 cm³/mol. The van der Waals surface area contributed by atoms with Crippen LogP contribution in [0, 0.1) is 0 Å². The van der Waals surface area contributed by atoms with Gasteiger partial charge in [-0.1, -0.05) is 6.92 Å². The predicted octanol–water partition coefficient (Wildman–Crippen LogP) is 0.894. The molecule has 56 valence electrons. The highest BCUT2D eigenvalue weighted by atomic mass is 31.2. The fourth-order valence-electron chi connectivity index (χ4n) is 0.309. The normalized spacial score (nSPS) is 15.6. The highest BCUT2D eigenvalue weighted by molar-refractivity contribution is 7.46. The van der Waals surface area contributed by atoms with Gasteiger partial charge in [-0.2, -0.15) is 0 Å². The van der Waals surface area contributed by atoms with Crippen LogP contribution in [0.25, 0.3) is 0 Å². The molecule has 0 amide bonds. The van der Waals surface area contributed by atoms with Crippen LogP contribution in [0.15, 0.2) is 0 Å². The zero-order valence-electron chi connectivity index (χ0n) is 5.44. The van der Waals surface area contributed by atoms with Gasteiger partial charge in [0.05, 0.1) is 6.10 Å². The van der Waals surface area contributed by atoms with Crippen molar-refractivity contribution in [3.63, 3.8) is 0 Å². The van der Waals surface area contributed by atoms with Crippen LogP contribution in [-0.4, -0.2) is 15.9 Å². The van der Waals surface area contributed by atoms with E-state index in [2.05, 4.69) is 4.52 Å². The van der Waals surface area contributed by atoms with E-state index in [4.69, 9.17) is 9.79 Å². The summed E-state index contributed by atoms with van der Waals surface area (Å²) in [5.74, 6) is 0. The fourth-order valence-corrected chi connectivity index (χ4v) is 0.927. The van der Waals surface area contributed by atoms with Gasteiger partial charge in [0.1, 0.15) is 0 Å². The molecular weight excluding hydrogens is 143 g/mol. The van der Waals surface area contributed by atoms with Crippen molar-refractivity contribution in [2.45, 2.75) is 26.4 Å². The number of hydrogen-bond acceptors (Lipinski definition) is 2. The molecule has 0 rings (SSSR count). The quantitative estimate of drug-likeness (QED) is 0.592. The van der Waals surface area contributed by atoms with E-state index < -0.39 is 7.82 Å². The van der Waals surface area contributed by atoms with Crippen LogP contribution in [-0.2, 0) is 9.09 Å². The molecule has 0 aliphatic rings. The maximum absolute atomic E-state index is 10.1. The van der Waals surface area contributed by atoms with E-state index in [1.165, 1.54) is 0 Å². The van der Waals surface area contributed by atoms with Crippen molar-refractivity contribution in [2.24, 2.45) is 0 Å². The summed E-state index contributed by atoms with van der Waals surface area (Å²) in [6, 6.07) is 0. The first-order valence-electron chi connectivity index (χ1n) is 2.69. The summed E-state index contributed by atoms with van der Waals surface area (Å²) >= 11 is 0. The number of hydrogen-bond donors (Lipinski definition) is 2. The van der Waals surface area contributed by atoms with E-state index in [1.807, 2.05) is 0 Å². The van der Waals surface area contributed by atoms with E-state index in [-0.39, 0.29) is 6.10 Å². The van der Waals surface area contributed by atoms with E-state index >= 15 is 0 Å². The zero-order valence-corrected chi connectivity index (χ0v) is 6.34. The molecule has 0 heterocycles. The number of rotatable bonds is 3. The molecule has 1 atom stereocenters. The number of phosphoric acid groups is 1. The van der Waals surface area contributed by atoms with Gasteiger partial charge in [0, 0.05) is 0 Å². The molecule has 0 aliphatic heterocycles. The second-order valence-corrected chi connectivity index (χ2v) is 3.01. The topological polar surface area (TPSA) is 66.8 Å². The van der Waals surface area contributed by atoms with Gasteiger partial charge in [-0.15, -0.1) is 0 Å². The molecule has 5 heteroatoms.